The number of hydrogen-bond acceptors (Lipinski definition) is 7. The average Bonchev–Trinajstić information content (AvgIpc) is 3.00. The van der Waals surface area contributed by atoms with Crippen LogP contribution in [0.5, 0.6) is 5.75 Å². The Labute approximate surface area is 257 Å². The SMILES string of the molecule is CC(=O)Nc1ccc(NC(=O)CN2CCC3(C/C=C/C(=O)NCCOc4ccccc4C(=O)NCCCNC3=O)CC2)cc1. The Morgan fingerprint density at radius 3 is 2.30 bits per heavy atom. The van der Waals surface area contributed by atoms with Crippen molar-refractivity contribution in [2.75, 3.05) is 56.5 Å². The van der Waals surface area contributed by atoms with Gasteiger partial charge in [0.05, 0.1) is 24.1 Å². The quantitative estimate of drug-likeness (QED) is 0.357. The van der Waals surface area contributed by atoms with Crippen molar-refractivity contribution in [3.8, 4) is 5.75 Å². The fourth-order valence-electron chi connectivity index (χ4n) is 5.25. The summed E-state index contributed by atoms with van der Waals surface area (Å²) in [5.74, 6) is -0.571. The van der Waals surface area contributed by atoms with E-state index >= 15 is 0 Å². The Kier molecular flexibility index (Phi) is 11.5. The van der Waals surface area contributed by atoms with Crippen LogP contribution in [0.4, 0.5) is 11.4 Å². The highest BCUT2D eigenvalue weighted by molar-refractivity contribution is 5.97. The summed E-state index contributed by atoms with van der Waals surface area (Å²) in [5.41, 5.74) is 0.950. The third kappa shape index (κ3) is 9.40. The lowest BCUT2D eigenvalue weighted by atomic mass is 9.74. The summed E-state index contributed by atoms with van der Waals surface area (Å²) < 4.78 is 5.74. The number of carbonyl (C=O) groups is 5. The molecule has 1 saturated heterocycles. The van der Waals surface area contributed by atoms with Crippen molar-refractivity contribution < 1.29 is 28.7 Å². The number of allylic oxidation sites excluding steroid dienone is 1. The van der Waals surface area contributed by atoms with Crippen LogP contribution in [0.25, 0.3) is 0 Å². The number of rotatable bonds is 4. The molecule has 12 nitrogen and oxygen atoms in total. The molecule has 12 heteroatoms. The summed E-state index contributed by atoms with van der Waals surface area (Å²) in [6, 6.07) is 13.8. The first-order chi connectivity index (χ1) is 21.2. The molecule has 0 saturated carbocycles. The Morgan fingerprint density at radius 2 is 1.57 bits per heavy atom. The van der Waals surface area contributed by atoms with Gasteiger partial charge < -0.3 is 31.3 Å². The predicted octanol–water partition coefficient (Wildman–Crippen LogP) is 2.06. The van der Waals surface area contributed by atoms with Crippen LogP contribution in [0, 0.1) is 5.41 Å². The molecule has 0 atom stereocenters. The molecule has 2 aromatic carbocycles. The standard InChI is InChI=1S/C32H40N6O6/c1-23(39)36-24-9-11-25(12-10-24)37-29(41)22-38-19-14-32(15-20-38)13-4-8-28(40)33-18-21-44-27-7-3-2-6-26(27)30(42)34-16-5-17-35-31(32)43/h2-4,6-12H,5,13-22H2,1H3,(H,33,40)(H,34,42)(H,35,43)(H,36,39)(H,37,41)/b8-4+. The van der Waals surface area contributed by atoms with Crippen molar-refractivity contribution in [3.05, 3.63) is 66.2 Å². The smallest absolute Gasteiger partial charge is 0.255 e. The third-order valence-electron chi connectivity index (χ3n) is 7.64. The monoisotopic (exact) mass is 604 g/mol. The molecule has 0 bridgehead atoms. The second-order valence-electron chi connectivity index (χ2n) is 11.0. The van der Waals surface area contributed by atoms with Gasteiger partial charge in [0.15, 0.2) is 0 Å². The second-order valence-corrected chi connectivity index (χ2v) is 11.0. The van der Waals surface area contributed by atoms with Gasteiger partial charge in [-0.25, -0.2) is 0 Å². The molecular formula is C32H40N6O6. The van der Waals surface area contributed by atoms with E-state index < -0.39 is 5.41 Å². The van der Waals surface area contributed by atoms with Gasteiger partial charge in [0.25, 0.3) is 5.91 Å². The van der Waals surface area contributed by atoms with Gasteiger partial charge in [-0.05, 0) is 81.2 Å². The third-order valence-corrected chi connectivity index (χ3v) is 7.64. The fourth-order valence-corrected chi connectivity index (χ4v) is 5.25. The van der Waals surface area contributed by atoms with E-state index in [1.807, 2.05) is 4.90 Å². The van der Waals surface area contributed by atoms with Crippen molar-refractivity contribution in [2.24, 2.45) is 5.41 Å². The number of fused-ring (bicyclic) bond motifs is 1. The van der Waals surface area contributed by atoms with Crippen LogP contribution in [0.3, 0.4) is 0 Å². The summed E-state index contributed by atoms with van der Waals surface area (Å²) >= 11 is 0. The molecule has 1 fully saturated rings. The normalized spacial score (nSPS) is 19.1. The van der Waals surface area contributed by atoms with Crippen LogP contribution in [-0.2, 0) is 19.2 Å². The molecule has 0 aromatic heterocycles. The van der Waals surface area contributed by atoms with Crippen molar-refractivity contribution in [1.82, 2.24) is 20.9 Å². The van der Waals surface area contributed by atoms with E-state index in [9.17, 15) is 24.0 Å². The minimum absolute atomic E-state index is 0.0999. The summed E-state index contributed by atoms with van der Waals surface area (Å²) in [7, 11) is 0. The van der Waals surface area contributed by atoms with Crippen LogP contribution in [-0.4, -0.2) is 80.3 Å². The van der Waals surface area contributed by atoms with Crippen molar-refractivity contribution in [2.45, 2.75) is 32.6 Å². The molecule has 234 valence electrons. The molecule has 0 radical (unpaired) electrons. The van der Waals surface area contributed by atoms with Gasteiger partial charge in [-0.15, -0.1) is 0 Å². The van der Waals surface area contributed by atoms with E-state index in [1.54, 1.807) is 54.6 Å². The highest BCUT2D eigenvalue weighted by Crippen LogP contribution is 2.36. The molecule has 4 rings (SSSR count). The number of benzene rings is 2. The average molecular weight is 605 g/mol. The molecule has 2 aliphatic heterocycles. The van der Waals surface area contributed by atoms with Gasteiger partial charge in [0.1, 0.15) is 12.4 Å². The topological polar surface area (TPSA) is 158 Å². The molecule has 2 aromatic rings. The number of carbonyl (C=O) groups excluding carboxylic acids is 5. The van der Waals surface area contributed by atoms with Gasteiger partial charge in [-0.3, -0.25) is 28.9 Å². The maximum absolute atomic E-state index is 13.5. The van der Waals surface area contributed by atoms with Crippen molar-refractivity contribution in [3.63, 3.8) is 0 Å². The Bertz CT molecular complexity index is 1370. The van der Waals surface area contributed by atoms with Gasteiger partial charge >= 0.3 is 0 Å². The maximum Gasteiger partial charge on any atom is 0.255 e. The zero-order valence-electron chi connectivity index (χ0n) is 24.9. The number of nitrogens with zero attached hydrogens (tertiary/aromatic N) is 1. The number of piperidine rings is 1. The molecule has 0 aliphatic carbocycles. The predicted molar refractivity (Wildman–Crippen MR) is 166 cm³/mol. The molecule has 0 unspecified atom stereocenters. The fraction of sp³-hybridized carbons (Fsp3) is 0.406. The van der Waals surface area contributed by atoms with Crippen LogP contribution in [0.2, 0.25) is 0 Å². The van der Waals surface area contributed by atoms with Crippen molar-refractivity contribution in [1.29, 1.82) is 0 Å². The van der Waals surface area contributed by atoms with E-state index in [0.717, 1.165) is 0 Å². The molecular weight excluding hydrogens is 564 g/mol. The minimum atomic E-state index is -0.722. The molecule has 5 amide bonds. The number of likely N-dealkylation sites (tertiary alicyclic amines) is 1. The second kappa shape index (κ2) is 15.7. The van der Waals surface area contributed by atoms with E-state index in [1.165, 1.54) is 13.0 Å². The van der Waals surface area contributed by atoms with Gasteiger partial charge in [-0.2, -0.15) is 0 Å². The Morgan fingerprint density at radius 1 is 0.886 bits per heavy atom. The lowest BCUT2D eigenvalue weighted by Crippen LogP contribution is -2.50. The molecule has 1 spiro atoms. The number of ether oxygens (including phenoxy) is 1. The largest absolute Gasteiger partial charge is 0.491 e. The van der Waals surface area contributed by atoms with E-state index in [2.05, 4.69) is 26.6 Å². The van der Waals surface area contributed by atoms with Gasteiger partial charge in [0, 0.05) is 31.4 Å². The lowest BCUT2D eigenvalue weighted by molar-refractivity contribution is -0.134. The van der Waals surface area contributed by atoms with Crippen molar-refractivity contribution >= 4 is 40.9 Å². The summed E-state index contributed by atoms with van der Waals surface area (Å²) in [6.07, 6.45) is 5.15. The van der Waals surface area contributed by atoms with Gasteiger partial charge in [-0.1, -0.05) is 18.2 Å². The van der Waals surface area contributed by atoms with E-state index in [0.29, 0.717) is 74.6 Å². The summed E-state index contributed by atoms with van der Waals surface area (Å²) in [6.45, 7) is 3.90. The van der Waals surface area contributed by atoms with E-state index in [-0.39, 0.29) is 49.2 Å². The number of nitrogens with one attached hydrogen (secondary N) is 5. The molecule has 44 heavy (non-hydrogen) atoms. The van der Waals surface area contributed by atoms with E-state index in [4.69, 9.17) is 4.74 Å². The Hall–Kier alpha value is -4.71. The molecule has 2 heterocycles. The summed E-state index contributed by atoms with van der Waals surface area (Å²) in [4.78, 5) is 64.6. The first-order valence-electron chi connectivity index (χ1n) is 14.9. The van der Waals surface area contributed by atoms with Crippen LogP contribution >= 0.6 is 0 Å². The van der Waals surface area contributed by atoms with Crippen LogP contribution in [0.15, 0.2) is 60.7 Å². The number of para-hydroxylation sites is 1. The molecule has 2 aliphatic rings. The van der Waals surface area contributed by atoms with Gasteiger partial charge in [0.2, 0.25) is 23.6 Å². The number of anilines is 2. The highest BCUT2D eigenvalue weighted by atomic mass is 16.5. The Balaban J connectivity index is 1.33. The number of hydrogen-bond donors (Lipinski definition) is 5. The zero-order valence-corrected chi connectivity index (χ0v) is 24.9. The molecule has 5 N–H and O–H groups in total. The zero-order chi connectivity index (χ0) is 31.4. The minimum Gasteiger partial charge on any atom is -0.491 e. The lowest BCUT2D eigenvalue weighted by Gasteiger charge is -2.40. The maximum atomic E-state index is 13.5. The van der Waals surface area contributed by atoms with Crippen LogP contribution in [0.1, 0.15) is 43.0 Å². The first-order valence-corrected chi connectivity index (χ1v) is 14.9. The first kappa shape index (κ1) is 32.2. The number of amides is 5. The van der Waals surface area contributed by atoms with Crippen LogP contribution < -0.4 is 31.3 Å². The summed E-state index contributed by atoms with van der Waals surface area (Å²) in [5, 5.41) is 14.2. The highest BCUT2D eigenvalue weighted by Gasteiger charge is 2.40.